The highest BCUT2D eigenvalue weighted by molar-refractivity contribution is 5.77. The molecule has 6 heteroatoms. The van der Waals surface area contributed by atoms with Crippen molar-refractivity contribution in [3.05, 3.63) is 0 Å². The Hall–Kier alpha value is -1.46. The molecular formula is C15H30N4O2. The molecule has 21 heavy (non-hydrogen) atoms. The van der Waals surface area contributed by atoms with Crippen LogP contribution in [0.2, 0.25) is 0 Å². The molecule has 1 aliphatic rings. The second-order valence-corrected chi connectivity index (χ2v) is 6.56. The molecule has 1 heterocycles. The molecule has 6 nitrogen and oxygen atoms in total. The predicted molar refractivity (Wildman–Crippen MR) is 85.3 cm³/mol. The van der Waals surface area contributed by atoms with E-state index in [4.69, 9.17) is 10.5 Å². The molecule has 1 rings (SSSR count). The smallest absolute Gasteiger partial charge is 0.410 e. The van der Waals surface area contributed by atoms with Gasteiger partial charge in [-0.3, -0.25) is 4.99 Å². The molecule has 1 saturated heterocycles. The third-order valence-electron chi connectivity index (χ3n) is 3.34. The number of ether oxygens (including phenoxy) is 1. The molecule has 1 aliphatic heterocycles. The lowest BCUT2D eigenvalue weighted by molar-refractivity contribution is 0.0187. The van der Waals surface area contributed by atoms with E-state index >= 15 is 0 Å². The Morgan fingerprint density at radius 3 is 2.52 bits per heavy atom. The van der Waals surface area contributed by atoms with Crippen molar-refractivity contribution >= 4 is 12.1 Å². The van der Waals surface area contributed by atoms with Gasteiger partial charge >= 0.3 is 6.09 Å². The van der Waals surface area contributed by atoms with Crippen LogP contribution in [0.4, 0.5) is 4.79 Å². The van der Waals surface area contributed by atoms with Gasteiger partial charge in [-0.25, -0.2) is 4.79 Å². The van der Waals surface area contributed by atoms with Crippen LogP contribution in [-0.4, -0.2) is 48.7 Å². The third kappa shape index (κ3) is 7.20. The molecule has 0 aromatic carbocycles. The number of nitrogens with two attached hydrogens (primary N) is 1. The van der Waals surface area contributed by atoms with E-state index in [0.717, 1.165) is 45.4 Å². The molecule has 122 valence electrons. The van der Waals surface area contributed by atoms with Gasteiger partial charge in [-0.1, -0.05) is 6.92 Å². The van der Waals surface area contributed by atoms with Crippen LogP contribution in [0, 0.1) is 5.92 Å². The van der Waals surface area contributed by atoms with Crippen LogP contribution in [0.25, 0.3) is 0 Å². The minimum absolute atomic E-state index is 0.214. The van der Waals surface area contributed by atoms with Gasteiger partial charge in [0.25, 0.3) is 0 Å². The van der Waals surface area contributed by atoms with Crippen molar-refractivity contribution in [3.63, 3.8) is 0 Å². The standard InChI is InChI=1S/C15H30N4O2/c1-5-8-17-13(16)18-11-12-6-9-19(10-7-12)14(20)21-15(2,3)4/h12H,5-11H2,1-4H3,(H3,16,17,18). The van der Waals surface area contributed by atoms with Gasteiger partial charge in [-0.05, 0) is 46.0 Å². The maximum absolute atomic E-state index is 12.0. The van der Waals surface area contributed by atoms with Crippen molar-refractivity contribution < 1.29 is 9.53 Å². The zero-order valence-corrected chi connectivity index (χ0v) is 13.8. The summed E-state index contributed by atoms with van der Waals surface area (Å²) in [5, 5.41) is 3.07. The summed E-state index contributed by atoms with van der Waals surface area (Å²) >= 11 is 0. The van der Waals surface area contributed by atoms with Crippen molar-refractivity contribution in [3.8, 4) is 0 Å². The molecule has 0 aromatic heterocycles. The lowest BCUT2D eigenvalue weighted by Crippen LogP contribution is -2.42. The highest BCUT2D eigenvalue weighted by Gasteiger charge is 2.26. The Kier molecular flexibility index (Phi) is 6.78. The first kappa shape index (κ1) is 17.6. The number of carbonyl (C=O) groups is 1. The number of piperidine rings is 1. The van der Waals surface area contributed by atoms with Crippen LogP contribution < -0.4 is 11.1 Å². The van der Waals surface area contributed by atoms with Crippen molar-refractivity contribution in [1.82, 2.24) is 10.2 Å². The number of hydrogen-bond donors (Lipinski definition) is 2. The highest BCUT2D eigenvalue weighted by Crippen LogP contribution is 2.19. The molecule has 0 spiro atoms. The lowest BCUT2D eigenvalue weighted by atomic mass is 9.97. The molecule has 3 N–H and O–H groups in total. The first-order chi connectivity index (χ1) is 9.81. The Bertz CT molecular complexity index is 355. The number of carbonyl (C=O) groups excluding carboxylic acids is 1. The van der Waals surface area contributed by atoms with Crippen LogP contribution in [0.3, 0.4) is 0 Å². The zero-order chi connectivity index (χ0) is 15.9. The first-order valence-electron chi connectivity index (χ1n) is 7.83. The third-order valence-corrected chi connectivity index (χ3v) is 3.34. The first-order valence-corrected chi connectivity index (χ1v) is 7.83. The second-order valence-electron chi connectivity index (χ2n) is 6.56. The van der Waals surface area contributed by atoms with Crippen molar-refractivity contribution in [2.45, 2.75) is 52.6 Å². The van der Waals surface area contributed by atoms with Gasteiger partial charge in [0, 0.05) is 26.2 Å². The fourth-order valence-corrected chi connectivity index (χ4v) is 2.16. The van der Waals surface area contributed by atoms with Crippen LogP contribution in [0.1, 0.15) is 47.0 Å². The molecule has 0 atom stereocenters. The SMILES string of the molecule is CCCNC(N)=NCC1CCN(C(=O)OC(C)(C)C)CC1. The van der Waals surface area contributed by atoms with E-state index in [1.165, 1.54) is 0 Å². The van der Waals surface area contributed by atoms with Crippen molar-refractivity contribution in [2.75, 3.05) is 26.2 Å². The summed E-state index contributed by atoms with van der Waals surface area (Å²) in [6.07, 6.45) is 2.71. The summed E-state index contributed by atoms with van der Waals surface area (Å²) in [6.45, 7) is 10.8. The Morgan fingerprint density at radius 1 is 1.38 bits per heavy atom. The van der Waals surface area contributed by atoms with Crippen molar-refractivity contribution in [2.24, 2.45) is 16.6 Å². The van der Waals surface area contributed by atoms with Gasteiger partial charge in [0.1, 0.15) is 5.60 Å². The molecule has 0 saturated carbocycles. The average molecular weight is 298 g/mol. The molecule has 1 fully saturated rings. The second kappa shape index (κ2) is 8.10. The number of nitrogens with one attached hydrogen (secondary N) is 1. The summed E-state index contributed by atoms with van der Waals surface area (Å²) in [5.41, 5.74) is 5.34. The quantitative estimate of drug-likeness (QED) is 0.614. The number of guanidine groups is 1. The lowest BCUT2D eigenvalue weighted by Gasteiger charge is -2.33. The van der Waals surface area contributed by atoms with Gasteiger partial charge in [0.15, 0.2) is 5.96 Å². The Labute approximate surface area is 128 Å². The van der Waals surface area contributed by atoms with Crippen LogP contribution >= 0.6 is 0 Å². The van der Waals surface area contributed by atoms with Gasteiger partial charge in [-0.2, -0.15) is 0 Å². The highest BCUT2D eigenvalue weighted by atomic mass is 16.6. The molecule has 1 amide bonds. The fraction of sp³-hybridized carbons (Fsp3) is 0.867. The van der Waals surface area contributed by atoms with E-state index in [9.17, 15) is 4.79 Å². The van der Waals surface area contributed by atoms with Crippen LogP contribution in [0.15, 0.2) is 4.99 Å². The normalized spacial score (nSPS) is 17.7. The van der Waals surface area contributed by atoms with E-state index in [-0.39, 0.29) is 6.09 Å². The number of hydrogen-bond acceptors (Lipinski definition) is 3. The average Bonchev–Trinajstić information content (AvgIpc) is 2.41. The van der Waals surface area contributed by atoms with Crippen molar-refractivity contribution in [1.29, 1.82) is 0 Å². The number of aliphatic imine (C=N–C) groups is 1. The summed E-state index contributed by atoms with van der Waals surface area (Å²) in [4.78, 5) is 18.1. The molecule has 0 radical (unpaired) electrons. The van der Waals surface area contributed by atoms with Gasteiger partial charge < -0.3 is 20.7 Å². The van der Waals surface area contributed by atoms with E-state index < -0.39 is 5.60 Å². The number of likely N-dealkylation sites (tertiary alicyclic amines) is 1. The molecular weight excluding hydrogens is 268 g/mol. The number of amides is 1. The monoisotopic (exact) mass is 298 g/mol. The molecule has 0 aliphatic carbocycles. The topological polar surface area (TPSA) is 80.0 Å². The molecule has 0 aromatic rings. The maximum Gasteiger partial charge on any atom is 0.410 e. The number of nitrogens with zero attached hydrogens (tertiary/aromatic N) is 2. The predicted octanol–water partition coefficient (Wildman–Crippen LogP) is 1.95. The Balaban J connectivity index is 2.30. The van der Waals surface area contributed by atoms with E-state index in [1.54, 1.807) is 4.90 Å². The minimum Gasteiger partial charge on any atom is -0.444 e. The zero-order valence-electron chi connectivity index (χ0n) is 13.8. The summed E-state index contributed by atoms with van der Waals surface area (Å²) in [7, 11) is 0. The van der Waals surface area contributed by atoms with E-state index in [1.807, 2.05) is 20.8 Å². The Morgan fingerprint density at radius 2 is 2.00 bits per heavy atom. The fourth-order valence-electron chi connectivity index (χ4n) is 2.16. The van der Waals surface area contributed by atoms with Gasteiger partial charge in [0.2, 0.25) is 0 Å². The van der Waals surface area contributed by atoms with Crippen LogP contribution in [0.5, 0.6) is 0 Å². The van der Waals surface area contributed by atoms with Gasteiger partial charge in [0.05, 0.1) is 0 Å². The number of rotatable bonds is 4. The molecule has 0 bridgehead atoms. The summed E-state index contributed by atoms with van der Waals surface area (Å²) in [5.74, 6) is 1.01. The van der Waals surface area contributed by atoms with Gasteiger partial charge in [-0.15, -0.1) is 0 Å². The van der Waals surface area contributed by atoms with E-state index in [0.29, 0.717) is 11.9 Å². The summed E-state index contributed by atoms with van der Waals surface area (Å²) in [6, 6.07) is 0. The molecule has 0 unspecified atom stereocenters. The minimum atomic E-state index is -0.433. The summed E-state index contributed by atoms with van der Waals surface area (Å²) < 4.78 is 5.38. The largest absolute Gasteiger partial charge is 0.444 e. The van der Waals surface area contributed by atoms with Crippen LogP contribution in [-0.2, 0) is 4.74 Å². The van der Waals surface area contributed by atoms with E-state index in [2.05, 4.69) is 17.2 Å². The maximum atomic E-state index is 12.0.